The Balaban J connectivity index is 5.80. The molecule has 2 unspecified atom stereocenters. The van der Waals surface area contributed by atoms with E-state index in [1.807, 2.05) is 0 Å². The molecule has 2 amide bonds. The molecule has 0 rings (SSSR count). The number of amides is 2. The molecular weight excluding hydrogens is 498 g/mol. The maximum Gasteiger partial charge on any atom is 0.368 e. The molecule has 0 aliphatic heterocycles. The number of hydrogen-bond donors (Lipinski definition) is 4. The summed E-state index contributed by atoms with van der Waals surface area (Å²) in [5.41, 5.74) is 0. The van der Waals surface area contributed by atoms with Gasteiger partial charge in [0.15, 0.2) is 0 Å². The normalized spacial score (nSPS) is 14.6. The molecule has 0 saturated carbocycles. The van der Waals surface area contributed by atoms with Gasteiger partial charge in [-0.05, 0) is 35.0 Å². The molecule has 0 aromatic carbocycles. The number of nitrogens with zero attached hydrogens (tertiary/aromatic N) is 2. The summed E-state index contributed by atoms with van der Waals surface area (Å²) in [7, 11) is 3.21. The zero-order valence-corrected chi connectivity index (χ0v) is 23.4. The van der Waals surface area contributed by atoms with E-state index in [-0.39, 0.29) is 52.0 Å². The summed E-state index contributed by atoms with van der Waals surface area (Å²) in [6, 6.07) is 0. The molecule has 0 spiro atoms. The molecule has 14 nitrogen and oxygen atoms in total. The van der Waals surface area contributed by atoms with Gasteiger partial charge in [0.05, 0.1) is 38.3 Å². The van der Waals surface area contributed by atoms with Gasteiger partial charge in [0.25, 0.3) is 0 Å². The van der Waals surface area contributed by atoms with E-state index in [9.17, 15) is 23.1 Å². The molecule has 0 aromatic rings. The first kappa shape index (κ1) is 34.6. The van der Waals surface area contributed by atoms with Crippen LogP contribution in [0.4, 0.5) is 0 Å². The molecule has 214 valence electrons. The van der Waals surface area contributed by atoms with Gasteiger partial charge in [0, 0.05) is 40.2 Å². The third-order valence-corrected chi connectivity index (χ3v) is 6.63. The smallest absolute Gasteiger partial charge is 0.368 e. The Morgan fingerprint density at radius 1 is 1.00 bits per heavy atom. The Hall–Kier alpha value is -1.43. The molecule has 15 heteroatoms. The van der Waals surface area contributed by atoms with Gasteiger partial charge in [-0.25, -0.2) is 13.1 Å². The lowest BCUT2D eigenvalue weighted by molar-refractivity contribution is -0.365. The first-order valence-corrected chi connectivity index (χ1v) is 13.3. The second kappa shape index (κ2) is 17.9. The van der Waals surface area contributed by atoms with Crippen LogP contribution in [0.5, 0.6) is 0 Å². The number of sulfonamides is 1. The summed E-state index contributed by atoms with van der Waals surface area (Å²) < 4.78 is 49.7. The Morgan fingerprint density at radius 3 is 2.11 bits per heavy atom. The van der Waals surface area contributed by atoms with Crippen LogP contribution >= 0.6 is 0 Å². The fourth-order valence-corrected chi connectivity index (χ4v) is 3.27. The van der Waals surface area contributed by atoms with Gasteiger partial charge in [0.2, 0.25) is 15.9 Å². The second-order valence-corrected chi connectivity index (χ2v) is 10.7. The third kappa shape index (κ3) is 13.2. The molecule has 0 fully saturated rings. The van der Waals surface area contributed by atoms with Crippen molar-refractivity contribution in [2.75, 3.05) is 87.4 Å². The van der Waals surface area contributed by atoms with Crippen molar-refractivity contribution < 1.29 is 42.1 Å². The van der Waals surface area contributed by atoms with E-state index >= 15 is 0 Å². The number of hydrogen-bond acceptors (Lipinski definition) is 11. The highest BCUT2D eigenvalue weighted by molar-refractivity contribution is 7.90. The molecule has 0 bridgehead atoms. The summed E-state index contributed by atoms with van der Waals surface area (Å²) in [6.45, 7) is 4.38. The molecule has 2 atom stereocenters. The number of rotatable bonds is 21. The van der Waals surface area contributed by atoms with Crippen LogP contribution in [0.1, 0.15) is 20.8 Å². The van der Waals surface area contributed by atoms with Crippen molar-refractivity contribution in [1.82, 2.24) is 25.2 Å². The zero-order chi connectivity index (χ0) is 27.8. The zero-order valence-electron chi connectivity index (χ0n) is 22.5. The summed E-state index contributed by atoms with van der Waals surface area (Å²) in [5.74, 6) is -3.32. The minimum Gasteiger partial charge on any atom is -0.395 e. The first-order valence-electron chi connectivity index (χ1n) is 11.8. The minimum atomic E-state index is -3.56. The maximum atomic E-state index is 13.4. The van der Waals surface area contributed by atoms with E-state index < -0.39 is 33.4 Å². The Bertz CT molecular complexity index is 739. The number of carbonyl (C=O) groups is 2. The van der Waals surface area contributed by atoms with Crippen molar-refractivity contribution >= 4 is 21.8 Å². The predicted octanol–water partition coefficient (Wildman–Crippen LogP) is -2.27. The molecule has 0 aliphatic rings. The van der Waals surface area contributed by atoms with Crippen LogP contribution in [0.2, 0.25) is 0 Å². The van der Waals surface area contributed by atoms with Gasteiger partial charge in [-0.1, -0.05) is 0 Å². The van der Waals surface area contributed by atoms with E-state index in [1.165, 1.54) is 32.7 Å². The quantitative estimate of drug-likeness (QED) is 0.0910. The molecule has 0 aliphatic carbocycles. The van der Waals surface area contributed by atoms with Crippen molar-refractivity contribution in [1.29, 1.82) is 0 Å². The van der Waals surface area contributed by atoms with Crippen LogP contribution in [0.3, 0.4) is 0 Å². The molecule has 36 heavy (non-hydrogen) atoms. The Labute approximate surface area is 215 Å². The Kier molecular flexibility index (Phi) is 17.2. The van der Waals surface area contributed by atoms with Crippen LogP contribution < -0.4 is 15.4 Å². The number of likely N-dealkylation sites (N-methyl/N-ethyl adjacent to an activating group) is 3. The summed E-state index contributed by atoms with van der Waals surface area (Å²) in [5, 5.41) is 14.2. The lowest BCUT2D eigenvalue weighted by Gasteiger charge is -2.36. The first-order chi connectivity index (χ1) is 16.8. The summed E-state index contributed by atoms with van der Waals surface area (Å²) in [4.78, 5) is 27.5. The fraction of sp³-hybridized carbons (Fsp3) is 0.905. The highest BCUT2D eigenvalue weighted by Crippen LogP contribution is 2.20. The van der Waals surface area contributed by atoms with E-state index in [0.29, 0.717) is 13.2 Å². The van der Waals surface area contributed by atoms with Gasteiger partial charge in [-0.15, -0.1) is 0 Å². The summed E-state index contributed by atoms with van der Waals surface area (Å²) in [6.07, 6.45) is -0.573. The van der Waals surface area contributed by atoms with Crippen LogP contribution in [-0.2, 0) is 38.6 Å². The van der Waals surface area contributed by atoms with Gasteiger partial charge < -0.3 is 39.6 Å². The Morgan fingerprint density at radius 2 is 1.61 bits per heavy atom. The molecule has 0 radical (unpaired) electrons. The standard InChI is InChI=1S/C21H45N5O9S/c1-17(2)36(30,31)24-10-15-34-21(20(29)26(7)11-12-27,33-14-9-23-18(3)28)35-16-19(25(5)6)32-13-8-22-4/h17,19,22,24,27H,8-16H2,1-7H3,(H,23,28). The van der Waals surface area contributed by atoms with Crippen LogP contribution in [0.25, 0.3) is 0 Å². The number of carbonyl (C=O) groups excluding carboxylic acids is 2. The number of aliphatic hydroxyl groups excluding tert-OH is 1. The van der Waals surface area contributed by atoms with Gasteiger partial charge in [-0.2, -0.15) is 0 Å². The van der Waals surface area contributed by atoms with Crippen molar-refractivity contribution in [3.63, 3.8) is 0 Å². The lowest BCUT2D eigenvalue weighted by Crippen LogP contribution is -2.57. The molecule has 0 heterocycles. The van der Waals surface area contributed by atoms with Crippen molar-refractivity contribution in [3.05, 3.63) is 0 Å². The average Bonchev–Trinajstić information content (AvgIpc) is 2.80. The van der Waals surface area contributed by atoms with E-state index in [0.717, 1.165) is 0 Å². The molecule has 0 aromatic heterocycles. The van der Waals surface area contributed by atoms with Gasteiger partial charge in [-0.3, -0.25) is 14.5 Å². The fourth-order valence-electron chi connectivity index (χ4n) is 2.57. The van der Waals surface area contributed by atoms with Crippen LogP contribution in [0, 0.1) is 0 Å². The van der Waals surface area contributed by atoms with E-state index in [4.69, 9.17) is 18.9 Å². The van der Waals surface area contributed by atoms with Crippen molar-refractivity contribution in [3.8, 4) is 0 Å². The summed E-state index contributed by atoms with van der Waals surface area (Å²) >= 11 is 0. The van der Waals surface area contributed by atoms with E-state index in [1.54, 1.807) is 26.0 Å². The average molecular weight is 544 g/mol. The molecule has 4 N–H and O–H groups in total. The largest absolute Gasteiger partial charge is 0.395 e. The van der Waals surface area contributed by atoms with Gasteiger partial charge >= 0.3 is 11.9 Å². The number of nitrogens with one attached hydrogen (secondary N) is 3. The van der Waals surface area contributed by atoms with Crippen LogP contribution in [-0.4, -0.2) is 140 Å². The van der Waals surface area contributed by atoms with E-state index in [2.05, 4.69) is 15.4 Å². The third-order valence-electron chi connectivity index (χ3n) is 4.78. The maximum absolute atomic E-state index is 13.4. The second-order valence-electron chi connectivity index (χ2n) is 8.38. The predicted molar refractivity (Wildman–Crippen MR) is 133 cm³/mol. The molecular formula is C21H45N5O9S. The number of aliphatic hydroxyl groups is 1. The SMILES string of the molecule is CNCCOC(COC(OCCNC(C)=O)(OCCNS(=O)(=O)C(C)C)C(=O)N(C)CCO)N(C)C. The monoisotopic (exact) mass is 543 g/mol. The highest BCUT2D eigenvalue weighted by Gasteiger charge is 2.46. The highest BCUT2D eigenvalue weighted by atomic mass is 32.2. The minimum absolute atomic E-state index is 0.0296. The van der Waals surface area contributed by atoms with Crippen molar-refractivity contribution in [2.45, 2.75) is 38.2 Å². The van der Waals surface area contributed by atoms with Gasteiger partial charge in [0.1, 0.15) is 6.23 Å². The van der Waals surface area contributed by atoms with Crippen LogP contribution in [0.15, 0.2) is 0 Å². The topological polar surface area (TPSA) is 168 Å². The number of ether oxygens (including phenoxy) is 4. The lowest BCUT2D eigenvalue weighted by atomic mass is 10.4. The molecule has 0 saturated heterocycles. The van der Waals surface area contributed by atoms with Crippen molar-refractivity contribution in [2.24, 2.45) is 0 Å².